The highest BCUT2D eigenvalue weighted by Crippen LogP contribution is 2.28. The maximum absolute atomic E-state index is 5.95. The molecule has 0 saturated heterocycles. The van der Waals surface area contributed by atoms with E-state index in [4.69, 9.17) is 20.8 Å². The van der Waals surface area contributed by atoms with Gasteiger partial charge in [0.15, 0.2) is 11.5 Å². The van der Waals surface area contributed by atoms with E-state index < -0.39 is 0 Å². The minimum absolute atomic E-state index is 0.393. The number of halogens is 1. The van der Waals surface area contributed by atoms with E-state index >= 15 is 0 Å². The van der Waals surface area contributed by atoms with Crippen LogP contribution in [0.15, 0.2) is 47.1 Å². The quantitative estimate of drug-likeness (QED) is 0.740. The molecule has 0 radical (unpaired) electrons. The minimum Gasteiger partial charge on any atom is -0.470 e. The van der Waals surface area contributed by atoms with Crippen molar-refractivity contribution in [3.8, 4) is 28.7 Å². The van der Waals surface area contributed by atoms with Gasteiger partial charge in [-0.3, -0.25) is 0 Å². The Labute approximate surface area is 145 Å². The van der Waals surface area contributed by atoms with Gasteiger partial charge in [-0.25, -0.2) is 0 Å². The van der Waals surface area contributed by atoms with E-state index in [9.17, 15) is 0 Å². The average molecular weight is 346 g/mol. The Bertz CT molecular complexity index is 789. The highest BCUT2D eigenvalue weighted by molar-refractivity contribution is 6.30. The molecule has 0 aliphatic heterocycles. The van der Waals surface area contributed by atoms with Gasteiger partial charge in [0.25, 0.3) is 0 Å². The Hall–Kier alpha value is -2.44. The summed E-state index contributed by atoms with van der Waals surface area (Å²) in [6.07, 6.45) is 1.57. The first-order chi connectivity index (χ1) is 11.6. The van der Waals surface area contributed by atoms with E-state index in [2.05, 4.69) is 29.3 Å². The van der Waals surface area contributed by atoms with Crippen molar-refractivity contribution in [2.75, 3.05) is 27.2 Å². The molecule has 3 aromatic rings. The molecule has 3 rings (SSSR count). The van der Waals surface area contributed by atoms with Crippen LogP contribution in [0.25, 0.3) is 22.8 Å². The molecule has 1 aromatic carbocycles. The third-order valence-corrected chi connectivity index (χ3v) is 3.61. The molecule has 6 nitrogen and oxygen atoms in total. The summed E-state index contributed by atoms with van der Waals surface area (Å²) in [6.45, 7) is 1.37. The second-order valence-corrected chi connectivity index (χ2v) is 6.02. The smallest absolute Gasteiger partial charge is 0.244 e. The van der Waals surface area contributed by atoms with Gasteiger partial charge < -0.3 is 14.1 Å². The van der Waals surface area contributed by atoms with E-state index in [0.29, 0.717) is 34.8 Å². The van der Waals surface area contributed by atoms with Crippen molar-refractivity contribution in [1.82, 2.24) is 15.2 Å². The van der Waals surface area contributed by atoms with Gasteiger partial charge in [-0.1, -0.05) is 23.7 Å². The standard InChI is InChI=1S/C17H17ClN4O2/c1-22(2)9-11-24-17-15(12-5-7-13(18)8-6-12)20-21-16(19-17)14-4-3-10-23-14/h3-8,10H,9,11H2,1-2H3/p+1. The van der Waals surface area contributed by atoms with Gasteiger partial charge in [0.1, 0.15) is 13.2 Å². The lowest BCUT2D eigenvalue weighted by atomic mass is 10.1. The summed E-state index contributed by atoms with van der Waals surface area (Å²) < 4.78 is 11.2. The molecule has 0 aliphatic rings. The fourth-order valence-corrected chi connectivity index (χ4v) is 2.19. The number of likely N-dealkylation sites (N-methyl/N-ethyl adjacent to an activating group) is 1. The monoisotopic (exact) mass is 345 g/mol. The van der Waals surface area contributed by atoms with Crippen LogP contribution in [0.2, 0.25) is 5.02 Å². The van der Waals surface area contributed by atoms with Crippen molar-refractivity contribution in [2.45, 2.75) is 0 Å². The summed E-state index contributed by atoms with van der Waals surface area (Å²) in [7, 11) is 4.13. The summed E-state index contributed by atoms with van der Waals surface area (Å²) in [5, 5.41) is 9.09. The SMILES string of the molecule is C[NH+](C)CCOc1nc(-c2ccco2)nnc1-c1ccc(Cl)cc1. The number of nitrogens with one attached hydrogen (secondary N) is 1. The van der Waals surface area contributed by atoms with Gasteiger partial charge in [0.2, 0.25) is 11.7 Å². The van der Waals surface area contributed by atoms with E-state index in [1.807, 2.05) is 12.1 Å². The van der Waals surface area contributed by atoms with Crippen LogP contribution in [0, 0.1) is 0 Å². The first kappa shape index (κ1) is 16.4. The molecule has 0 unspecified atom stereocenters. The summed E-state index contributed by atoms with van der Waals surface area (Å²) in [4.78, 5) is 5.77. The van der Waals surface area contributed by atoms with Gasteiger partial charge >= 0.3 is 0 Å². The number of furan rings is 1. The topological polar surface area (TPSA) is 65.5 Å². The molecular formula is C17H18ClN4O2+. The molecule has 0 bridgehead atoms. The number of nitrogens with zero attached hydrogens (tertiary/aromatic N) is 3. The molecule has 2 aromatic heterocycles. The van der Waals surface area contributed by atoms with Gasteiger partial charge in [-0.05, 0) is 24.3 Å². The Balaban J connectivity index is 1.95. The summed E-state index contributed by atoms with van der Waals surface area (Å²) in [5.41, 5.74) is 1.42. The number of ether oxygens (including phenoxy) is 1. The molecule has 0 saturated carbocycles. The van der Waals surface area contributed by atoms with Gasteiger partial charge in [0, 0.05) is 10.6 Å². The van der Waals surface area contributed by atoms with E-state index in [-0.39, 0.29) is 0 Å². The highest BCUT2D eigenvalue weighted by Gasteiger charge is 2.15. The maximum atomic E-state index is 5.95. The Kier molecular flexibility index (Phi) is 5.08. The van der Waals surface area contributed by atoms with Crippen molar-refractivity contribution in [1.29, 1.82) is 0 Å². The minimum atomic E-state index is 0.393. The van der Waals surface area contributed by atoms with Gasteiger partial charge in [0.05, 0.1) is 20.4 Å². The predicted molar refractivity (Wildman–Crippen MR) is 91.1 cm³/mol. The Morgan fingerprint density at radius 3 is 2.58 bits per heavy atom. The van der Waals surface area contributed by atoms with E-state index in [0.717, 1.165) is 12.1 Å². The molecule has 0 amide bonds. The first-order valence-electron chi connectivity index (χ1n) is 7.60. The third kappa shape index (κ3) is 3.90. The van der Waals surface area contributed by atoms with E-state index in [1.54, 1.807) is 30.5 Å². The van der Waals surface area contributed by atoms with Crippen LogP contribution in [-0.4, -0.2) is 42.4 Å². The number of hydrogen-bond donors (Lipinski definition) is 1. The fraction of sp³-hybridized carbons (Fsp3) is 0.235. The summed E-state index contributed by atoms with van der Waals surface area (Å²) in [6, 6.07) is 10.9. The maximum Gasteiger partial charge on any atom is 0.244 e. The van der Waals surface area contributed by atoms with Gasteiger partial charge in [-0.15, -0.1) is 10.2 Å². The molecule has 0 fully saturated rings. The number of aromatic nitrogens is 3. The molecular weight excluding hydrogens is 328 g/mol. The van der Waals surface area contributed by atoms with Crippen LogP contribution in [0.4, 0.5) is 0 Å². The second kappa shape index (κ2) is 7.42. The van der Waals surface area contributed by atoms with Crippen LogP contribution < -0.4 is 9.64 Å². The lowest BCUT2D eigenvalue weighted by Crippen LogP contribution is -3.06. The van der Waals surface area contributed by atoms with Crippen LogP contribution in [0.1, 0.15) is 0 Å². The van der Waals surface area contributed by atoms with Crippen LogP contribution >= 0.6 is 11.6 Å². The van der Waals surface area contributed by atoms with E-state index in [1.165, 1.54) is 4.90 Å². The summed E-state index contributed by atoms with van der Waals surface area (Å²) >= 11 is 5.95. The molecule has 0 atom stereocenters. The zero-order valence-corrected chi connectivity index (χ0v) is 14.2. The third-order valence-electron chi connectivity index (χ3n) is 3.35. The van der Waals surface area contributed by atoms with Crippen molar-refractivity contribution in [2.24, 2.45) is 0 Å². The van der Waals surface area contributed by atoms with Crippen LogP contribution in [0.3, 0.4) is 0 Å². The fourth-order valence-electron chi connectivity index (χ4n) is 2.06. The molecule has 0 spiro atoms. The lowest BCUT2D eigenvalue weighted by molar-refractivity contribution is -0.858. The molecule has 7 heteroatoms. The number of benzene rings is 1. The average Bonchev–Trinajstić information content (AvgIpc) is 3.10. The van der Waals surface area contributed by atoms with Crippen molar-refractivity contribution < 1.29 is 14.1 Å². The van der Waals surface area contributed by atoms with Crippen LogP contribution in [-0.2, 0) is 0 Å². The van der Waals surface area contributed by atoms with Crippen molar-refractivity contribution >= 4 is 11.6 Å². The molecule has 0 aliphatic carbocycles. The lowest BCUT2D eigenvalue weighted by Gasteiger charge is -2.11. The number of hydrogen-bond acceptors (Lipinski definition) is 5. The number of rotatable bonds is 6. The molecule has 24 heavy (non-hydrogen) atoms. The van der Waals surface area contributed by atoms with Gasteiger partial charge in [-0.2, -0.15) is 4.98 Å². The highest BCUT2D eigenvalue weighted by atomic mass is 35.5. The number of quaternary nitrogens is 1. The van der Waals surface area contributed by atoms with Crippen LogP contribution in [0.5, 0.6) is 5.88 Å². The first-order valence-corrected chi connectivity index (χ1v) is 7.97. The summed E-state index contributed by atoms with van der Waals surface area (Å²) in [5.74, 6) is 1.37. The van der Waals surface area contributed by atoms with Crippen molar-refractivity contribution in [3.05, 3.63) is 47.7 Å². The Morgan fingerprint density at radius 1 is 1.12 bits per heavy atom. The molecule has 2 heterocycles. The van der Waals surface area contributed by atoms with Crippen molar-refractivity contribution in [3.63, 3.8) is 0 Å². The zero-order valence-electron chi connectivity index (χ0n) is 13.5. The predicted octanol–water partition coefficient (Wildman–Crippen LogP) is 1.98. The largest absolute Gasteiger partial charge is 0.470 e. The second-order valence-electron chi connectivity index (χ2n) is 5.58. The molecule has 124 valence electrons. The normalized spacial score (nSPS) is 11.0. The molecule has 1 N–H and O–H groups in total. The zero-order chi connectivity index (χ0) is 16.9. The Morgan fingerprint density at radius 2 is 1.92 bits per heavy atom.